The number of halogens is 1. The van der Waals surface area contributed by atoms with Gasteiger partial charge in [0.25, 0.3) is 0 Å². The Hall–Kier alpha value is -3.06. The molecule has 4 rings (SSSR count). The fourth-order valence-corrected chi connectivity index (χ4v) is 3.91. The van der Waals surface area contributed by atoms with Gasteiger partial charge in [0, 0.05) is 42.1 Å². The molecule has 30 heavy (non-hydrogen) atoms. The number of hydrogen-bond donors (Lipinski definition) is 2. The topological polar surface area (TPSA) is 77.0 Å². The number of amides is 3. The molecule has 2 aromatic rings. The van der Waals surface area contributed by atoms with Crippen LogP contribution >= 0.6 is 11.6 Å². The number of aliphatic imine (C=N–C) groups is 1. The van der Waals surface area contributed by atoms with Crippen molar-refractivity contribution < 1.29 is 9.59 Å². The van der Waals surface area contributed by atoms with Gasteiger partial charge in [-0.3, -0.25) is 9.79 Å². The van der Waals surface area contributed by atoms with Crippen molar-refractivity contribution in [2.75, 3.05) is 37.3 Å². The van der Waals surface area contributed by atoms with E-state index in [0.717, 1.165) is 30.9 Å². The number of carbonyl (C=O) groups is 2. The maximum absolute atomic E-state index is 12.8. The van der Waals surface area contributed by atoms with Crippen LogP contribution in [-0.2, 0) is 4.79 Å². The van der Waals surface area contributed by atoms with Crippen molar-refractivity contribution in [1.82, 2.24) is 9.80 Å². The van der Waals surface area contributed by atoms with Crippen LogP contribution in [0, 0.1) is 0 Å². The second-order valence-electron chi connectivity index (χ2n) is 7.48. The smallest absolute Gasteiger partial charge is 0.322 e. The van der Waals surface area contributed by atoms with Crippen molar-refractivity contribution in [3.63, 3.8) is 0 Å². The van der Waals surface area contributed by atoms with E-state index in [1.807, 2.05) is 31.3 Å². The van der Waals surface area contributed by atoms with Gasteiger partial charge < -0.3 is 20.4 Å². The lowest BCUT2D eigenvalue weighted by Crippen LogP contribution is -2.45. The van der Waals surface area contributed by atoms with Crippen molar-refractivity contribution in [1.29, 1.82) is 0 Å². The normalized spacial score (nSPS) is 18.3. The van der Waals surface area contributed by atoms with E-state index >= 15 is 0 Å². The molecule has 0 spiro atoms. The number of likely N-dealkylation sites (N-methyl/N-ethyl adjacent to an activating group) is 1. The molecule has 1 atom stereocenters. The van der Waals surface area contributed by atoms with E-state index in [2.05, 4.69) is 20.5 Å². The minimum atomic E-state index is -0.498. The molecule has 2 N–H and O–H groups in total. The Morgan fingerprint density at radius 2 is 1.67 bits per heavy atom. The number of hydrogen-bond acceptors (Lipinski definition) is 4. The van der Waals surface area contributed by atoms with Crippen LogP contribution in [0.5, 0.6) is 0 Å². The van der Waals surface area contributed by atoms with Gasteiger partial charge in [-0.2, -0.15) is 0 Å². The second-order valence-corrected chi connectivity index (χ2v) is 7.92. The molecule has 1 unspecified atom stereocenters. The molecular formula is C22H24ClN5O2. The molecule has 1 saturated heterocycles. The number of anilines is 2. The van der Waals surface area contributed by atoms with Gasteiger partial charge in [-0.15, -0.1) is 0 Å². The summed E-state index contributed by atoms with van der Waals surface area (Å²) >= 11 is 5.89. The molecule has 3 amide bonds. The van der Waals surface area contributed by atoms with E-state index in [-0.39, 0.29) is 11.9 Å². The zero-order chi connectivity index (χ0) is 21.1. The summed E-state index contributed by atoms with van der Waals surface area (Å²) in [5, 5.41) is 6.37. The number of benzene rings is 2. The first-order chi connectivity index (χ1) is 14.5. The number of amidine groups is 1. The van der Waals surface area contributed by atoms with Gasteiger partial charge in [0.2, 0.25) is 5.91 Å². The third-order valence-corrected chi connectivity index (χ3v) is 5.63. The number of rotatable bonds is 4. The SMILES string of the molecule is CN1CCN=C1c1ccc(NC(=O)C2CCCN2C(=O)Nc2ccc(Cl)cc2)cc1. The summed E-state index contributed by atoms with van der Waals surface area (Å²) in [6, 6.07) is 13.8. The Balaban J connectivity index is 1.38. The van der Waals surface area contributed by atoms with Gasteiger partial charge in [0.05, 0.1) is 6.54 Å². The zero-order valence-electron chi connectivity index (χ0n) is 16.8. The lowest BCUT2D eigenvalue weighted by molar-refractivity contribution is -0.119. The van der Waals surface area contributed by atoms with Gasteiger partial charge >= 0.3 is 6.03 Å². The van der Waals surface area contributed by atoms with Gasteiger partial charge in [-0.25, -0.2) is 4.79 Å². The summed E-state index contributed by atoms with van der Waals surface area (Å²) in [6.45, 7) is 2.27. The minimum absolute atomic E-state index is 0.179. The summed E-state index contributed by atoms with van der Waals surface area (Å²) in [5.74, 6) is 0.788. The monoisotopic (exact) mass is 425 g/mol. The van der Waals surface area contributed by atoms with Gasteiger partial charge in [-0.1, -0.05) is 11.6 Å². The maximum Gasteiger partial charge on any atom is 0.322 e. The number of carbonyl (C=O) groups excluding carboxylic acids is 2. The van der Waals surface area contributed by atoms with Crippen LogP contribution < -0.4 is 10.6 Å². The predicted octanol–water partition coefficient (Wildman–Crippen LogP) is 3.67. The fourth-order valence-electron chi connectivity index (χ4n) is 3.78. The average Bonchev–Trinajstić information content (AvgIpc) is 3.39. The summed E-state index contributed by atoms with van der Waals surface area (Å²) in [5.41, 5.74) is 2.37. The number of likely N-dealkylation sites (tertiary alicyclic amines) is 1. The molecule has 0 radical (unpaired) electrons. The largest absolute Gasteiger partial charge is 0.358 e. The third-order valence-electron chi connectivity index (χ3n) is 5.38. The third kappa shape index (κ3) is 4.41. The van der Waals surface area contributed by atoms with Crippen LogP contribution in [0.15, 0.2) is 53.5 Å². The fraction of sp³-hybridized carbons (Fsp3) is 0.318. The molecule has 0 aromatic heterocycles. The standard InChI is InChI=1S/C22H24ClN5O2/c1-27-14-12-24-20(27)15-4-8-17(9-5-15)25-21(29)19-3-2-13-28(19)22(30)26-18-10-6-16(23)7-11-18/h4-11,19H,2-3,12-14H2,1H3,(H,25,29)(H,26,30). The Labute approximate surface area is 180 Å². The Morgan fingerprint density at radius 3 is 2.33 bits per heavy atom. The molecule has 2 heterocycles. The van der Waals surface area contributed by atoms with E-state index in [1.165, 1.54) is 0 Å². The summed E-state index contributed by atoms with van der Waals surface area (Å²) in [7, 11) is 2.02. The Bertz CT molecular complexity index is 958. The molecular weight excluding hydrogens is 402 g/mol. The highest BCUT2D eigenvalue weighted by molar-refractivity contribution is 6.30. The maximum atomic E-state index is 12.8. The van der Waals surface area contributed by atoms with Gasteiger partial charge in [0.1, 0.15) is 11.9 Å². The van der Waals surface area contributed by atoms with Gasteiger partial charge in [-0.05, 0) is 61.4 Å². The average molecular weight is 426 g/mol. The highest BCUT2D eigenvalue weighted by Crippen LogP contribution is 2.22. The Kier molecular flexibility index (Phi) is 5.90. The van der Waals surface area contributed by atoms with Crippen LogP contribution in [-0.4, -0.2) is 60.3 Å². The molecule has 0 saturated carbocycles. The van der Waals surface area contributed by atoms with E-state index in [1.54, 1.807) is 29.2 Å². The van der Waals surface area contributed by atoms with Crippen LogP contribution in [0.2, 0.25) is 5.02 Å². The van der Waals surface area contributed by atoms with E-state index in [4.69, 9.17) is 11.6 Å². The van der Waals surface area contributed by atoms with Crippen LogP contribution in [0.1, 0.15) is 18.4 Å². The molecule has 8 heteroatoms. The summed E-state index contributed by atoms with van der Waals surface area (Å²) < 4.78 is 0. The number of urea groups is 1. The van der Waals surface area contributed by atoms with Crippen molar-refractivity contribution in [3.05, 3.63) is 59.1 Å². The van der Waals surface area contributed by atoms with Crippen LogP contribution in [0.3, 0.4) is 0 Å². The zero-order valence-corrected chi connectivity index (χ0v) is 17.5. The minimum Gasteiger partial charge on any atom is -0.358 e. The lowest BCUT2D eigenvalue weighted by atomic mass is 10.1. The van der Waals surface area contributed by atoms with Crippen molar-refractivity contribution in [3.8, 4) is 0 Å². The van der Waals surface area contributed by atoms with E-state index < -0.39 is 6.04 Å². The summed E-state index contributed by atoms with van der Waals surface area (Å²) in [4.78, 5) is 33.7. The number of nitrogens with zero attached hydrogens (tertiary/aromatic N) is 3. The van der Waals surface area contributed by atoms with Crippen molar-refractivity contribution in [2.24, 2.45) is 4.99 Å². The van der Waals surface area contributed by atoms with Crippen molar-refractivity contribution in [2.45, 2.75) is 18.9 Å². The van der Waals surface area contributed by atoms with Crippen LogP contribution in [0.4, 0.5) is 16.2 Å². The first-order valence-corrected chi connectivity index (χ1v) is 10.4. The highest BCUT2D eigenvalue weighted by atomic mass is 35.5. The Morgan fingerprint density at radius 1 is 1.00 bits per heavy atom. The van der Waals surface area contributed by atoms with E-state index in [0.29, 0.717) is 29.4 Å². The molecule has 7 nitrogen and oxygen atoms in total. The molecule has 2 aliphatic rings. The van der Waals surface area contributed by atoms with Gasteiger partial charge in [0.15, 0.2) is 0 Å². The van der Waals surface area contributed by atoms with Crippen LogP contribution in [0.25, 0.3) is 0 Å². The summed E-state index contributed by atoms with van der Waals surface area (Å²) in [6.07, 6.45) is 1.43. The van der Waals surface area contributed by atoms with E-state index in [9.17, 15) is 9.59 Å². The van der Waals surface area contributed by atoms with Crippen molar-refractivity contribution >= 4 is 40.7 Å². The molecule has 1 fully saturated rings. The first-order valence-electron chi connectivity index (χ1n) is 10.0. The second kappa shape index (κ2) is 8.75. The molecule has 2 aromatic carbocycles. The highest BCUT2D eigenvalue weighted by Gasteiger charge is 2.34. The quantitative estimate of drug-likeness (QED) is 0.784. The molecule has 2 aliphatic heterocycles. The molecule has 0 bridgehead atoms. The number of nitrogens with one attached hydrogen (secondary N) is 2. The predicted molar refractivity (Wildman–Crippen MR) is 119 cm³/mol. The molecule has 156 valence electrons. The molecule has 0 aliphatic carbocycles. The first kappa shape index (κ1) is 20.2. The lowest BCUT2D eigenvalue weighted by Gasteiger charge is -2.24.